The van der Waals surface area contributed by atoms with Gasteiger partial charge in [0.15, 0.2) is 6.10 Å². The molecule has 1 heterocycles. The van der Waals surface area contributed by atoms with Crippen molar-refractivity contribution in [3.05, 3.63) is 52.9 Å². The van der Waals surface area contributed by atoms with E-state index in [4.69, 9.17) is 9.26 Å². The summed E-state index contributed by atoms with van der Waals surface area (Å²) >= 11 is 0. The van der Waals surface area contributed by atoms with E-state index in [1.807, 2.05) is 12.1 Å². The number of esters is 1. The lowest BCUT2D eigenvalue weighted by molar-refractivity contribution is 0.0281. The van der Waals surface area contributed by atoms with Gasteiger partial charge in [0, 0.05) is 11.6 Å². The van der Waals surface area contributed by atoms with Crippen LogP contribution in [0, 0.1) is 6.92 Å². The molecule has 0 saturated heterocycles. The zero-order valence-electron chi connectivity index (χ0n) is 14.0. The number of carbonyl (C=O) groups excluding carboxylic acids is 2. The maximum absolute atomic E-state index is 12.4. The van der Waals surface area contributed by atoms with Crippen LogP contribution in [0.5, 0.6) is 0 Å². The number of rotatable bonds is 4. The van der Waals surface area contributed by atoms with Gasteiger partial charge in [-0.2, -0.15) is 0 Å². The fourth-order valence-corrected chi connectivity index (χ4v) is 2.10. The molecule has 0 fully saturated rings. The summed E-state index contributed by atoms with van der Waals surface area (Å²) < 4.78 is 9.97. The Morgan fingerprint density at radius 3 is 2.26 bits per heavy atom. The normalized spacial score (nSPS) is 12.7. The van der Waals surface area contributed by atoms with Crippen molar-refractivity contribution in [1.82, 2.24) is 5.16 Å². The number of aryl methyl sites for hydroxylation is 1. The molecule has 1 atom stereocenters. The third-order valence-corrected chi connectivity index (χ3v) is 3.52. The maximum Gasteiger partial charge on any atom is 0.377 e. The highest BCUT2D eigenvalue weighted by Gasteiger charge is 2.23. The monoisotopic (exact) mass is 315 g/mol. The molecule has 0 amide bonds. The van der Waals surface area contributed by atoms with E-state index in [-0.39, 0.29) is 17.0 Å². The maximum atomic E-state index is 12.4. The Labute approximate surface area is 135 Å². The predicted octanol–water partition coefficient (Wildman–Crippen LogP) is 3.71. The summed E-state index contributed by atoms with van der Waals surface area (Å²) in [4.78, 5) is 24.2. The lowest BCUT2D eigenvalue weighted by Gasteiger charge is -2.19. The Kier molecular flexibility index (Phi) is 4.68. The quantitative estimate of drug-likeness (QED) is 0.635. The van der Waals surface area contributed by atoms with Crippen LogP contribution in [0.25, 0.3) is 0 Å². The molecule has 0 saturated carbocycles. The molecule has 0 N–H and O–H groups in total. The van der Waals surface area contributed by atoms with Gasteiger partial charge in [-0.15, -0.1) is 0 Å². The molecule has 0 aliphatic rings. The molecule has 5 heteroatoms. The molecular formula is C18H21NO4. The van der Waals surface area contributed by atoms with Gasteiger partial charge in [-0.3, -0.25) is 4.79 Å². The third kappa shape index (κ3) is 4.06. The fourth-order valence-electron chi connectivity index (χ4n) is 2.10. The Hall–Kier alpha value is -2.43. The minimum absolute atomic E-state index is 0.00905. The highest BCUT2D eigenvalue weighted by atomic mass is 16.6. The summed E-state index contributed by atoms with van der Waals surface area (Å²) in [5.74, 6) is -0.960. The average molecular weight is 315 g/mol. The van der Waals surface area contributed by atoms with Gasteiger partial charge >= 0.3 is 5.97 Å². The summed E-state index contributed by atoms with van der Waals surface area (Å²) in [5.41, 5.74) is 2.24. The van der Waals surface area contributed by atoms with Gasteiger partial charge in [0.25, 0.3) is 0 Å². The van der Waals surface area contributed by atoms with Gasteiger partial charge in [0.2, 0.25) is 11.5 Å². The standard InChI is InChI=1S/C18H21NO4/c1-11-10-15(23-19-11)17(21)22-12(2)16(20)13-6-8-14(9-7-13)18(3,4)5/h6-10,12H,1-5H3/t12-/m0/s1. The largest absolute Gasteiger partial charge is 0.448 e. The smallest absolute Gasteiger partial charge is 0.377 e. The minimum Gasteiger partial charge on any atom is -0.448 e. The van der Waals surface area contributed by atoms with Crippen molar-refractivity contribution in [2.45, 2.75) is 46.1 Å². The van der Waals surface area contributed by atoms with Crippen LogP contribution >= 0.6 is 0 Å². The van der Waals surface area contributed by atoms with E-state index in [2.05, 4.69) is 25.9 Å². The first-order valence-corrected chi connectivity index (χ1v) is 7.47. The van der Waals surface area contributed by atoms with Crippen LogP contribution in [0.1, 0.15) is 59.9 Å². The minimum atomic E-state index is -0.895. The first kappa shape index (κ1) is 16.9. The number of Topliss-reactive ketones (excluding diaryl/α,β-unsaturated/α-hetero) is 1. The van der Waals surface area contributed by atoms with E-state index in [0.29, 0.717) is 11.3 Å². The summed E-state index contributed by atoms with van der Waals surface area (Å²) in [6.07, 6.45) is -0.895. The Morgan fingerprint density at radius 1 is 1.17 bits per heavy atom. The molecule has 23 heavy (non-hydrogen) atoms. The molecule has 2 aromatic rings. The van der Waals surface area contributed by atoms with E-state index in [0.717, 1.165) is 5.56 Å². The van der Waals surface area contributed by atoms with E-state index in [1.54, 1.807) is 26.0 Å². The molecular weight excluding hydrogens is 294 g/mol. The molecule has 2 rings (SSSR count). The van der Waals surface area contributed by atoms with E-state index in [9.17, 15) is 9.59 Å². The van der Waals surface area contributed by atoms with E-state index in [1.165, 1.54) is 6.07 Å². The molecule has 0 radical (unpaired) electrons. The van der Waals surface area contributed by atoms with Crippen molar-refractivity contribution < 1.29 is 18.8 Å². The summed E-state index contributed by atoms with van der Waals surface area (Å²) in [5, 5.41) is 3.62. The number of nitrogens with zero attached hydrogens (tertiary/aromatic N) is 1. The van der Waals surface area contributed by atoms with Crippen LogP contribution in [0.15, 0.2) is 34.9 Å². The number of aromatic nitrogens is 1. The molecule has 0 spiro atoms. The van der Waals surface area contributed by atoms with Crippen LogP contribution in [0.4, 0.5) is 0 Å². The lowest BCUT2D eigenvalue weighted by atomic mass is 9.86. The molecule has 0 bridgehead atoms. The molecule has 0 aliphatic heterocycles. The SMILES string of the molecule is Cc1cc(C(=O)O[C@@H](C)C(=O)c2ccc(C(C)(C)C)cc2)on1. The van der Waals surface area contributed by atoms with Crippen LogP contribution in [0.3, 0.4) is 0 Å². The van der Waals surface area contributed by atoms with Crippen molar-refractivity contribution in [3.63, 3.8) is 0 Å². The molecule has 5 nitrogen and oxygen atoms in total. The lowest BCUT2D eigenvalue weighted by Crippen LogP contribution is -2.24. The molecule has 0 aliphatic carbocycles. The first-order valence-electron chi connectivity index (χ1n) is 7.47. The van der Waals surface area contributed by atoms with Gasteiger partial charge in [0.1, 0.15) is 0 Å². The van der Waals surface area contributed by atoms with Gasteiger partial charge in [0.05, 0.1) is 5.69 Å². The summed E-state index contributed by atoms with van der Waals surface area (Å²) in [7, 11) is 0. The number of hydrogen-bond donors (Lipinski definition) is 0. The van der Waals surface area contributed by atoms with Crippen molar-refractivity contribution in [3.8, 4) is 0 Å². The fraction of sp³-hybridized carbons (Fsp3) is 0.389. The van der Waals surface area contributed by atoms with E-state index < -0.39 is 12.1 Å². The van der Waals surface area contributed by atoms with Gasteiger partial charge in [-0.25, -0.2) is 4.79 Å². The molecule has 1 aromatic carbocycles. The highest BCUT2D eigenvalue weighted by molar-refractivity contribution is 6.01. The third-order valence-electron chi connectivity index (χ3n) is 3.52. The van der Waals surface area contributed by atoms with Gasteiger partial charge in [-0.1, -0.05) is 50.2 Å². The van der Waals surface area contributed by atoms with Gasteiger partial charge < -0.3 is 9.26 Å². The van der Waals surface area contributed by atoms with Gasteiger partial charge in [-0.05, 0) is 24.8 Å². The molecule has 122 valence electrons. The Morgan fingerprint density at radius 2 is 1.78 bits per heavy atom. The number of carbonyl (C=O) groups is 2. The second-order valence-electron chi connectivity index (χ2n) is 6.57. The van der Waals surface area contributed by atoms with Crippen molar-refractivity contribution >= 4 is 11.8 Å². The summed E-state index contributed by atoms with van der Waals surface area (Å²) in [6, 6.07) is 8.82. The Bertz CT molecular complexity index is 707. The van der Waals surface area contributed by atoms with Crippen molar-refractivity contribution in [2.75, 3.05) is 0 Å². The molecule has 1 aromatic heterocycles. The second kappa shape index (κ2) is 6.36. The van der Waals surface area contributed by atoms with Crippen LogP contribution in [0.2, 0.25) is 0 Å². The molecule has 0 unspecified atom stereocenters. The number of hydrogen-bond acceptors (Lipinski definition) is 5. The Balaban J connectivity index is 2.06. The predicted molar refractivity (Wildman–Crippen MR) is 85.6 cm³/mol. The topological polar surface area (TPSA) is 69.4 Å². The van der Waals surface area contributed by atoms with Crippen LogP contribution in [-0.2, 0) is 10.2 Å². The van der Waals surface area contributed by atoms with Crippen LogP contribution in [-0.4, -0.2) is 23.0 Å². The second-order valence-corrected chi connectivity index (χ2v) is 6.57. The van der Waals surface area contributed by atoms with Crippen molar-refractivity contribution in [2.24, 2.45) is 0 Å². The van der Waals surface area contributed by atoms with E-state index >= 15 is 0 Å². The first-order chi connectivity index (χ1) is 10.7. The highest BCUT2D eigenvalue weighted by Crippen LogP contribution is 2.22. The van der Waals surface area contributed by atoms with Crippen LogP contribution < -0.4 is 0 Å². The number of ether oxygens (including phenoxy) is 1. The average Bonchev–Trinajstić information content (AvgIpc) is 2.92. The zero-order valence-corrected chi connectivity index (χ0v) is 14.0. The van der Waals surface area contributed by atoms with Crippen molar-refractivity contribution in [1.29, 1.82) is 0 Å². The summed E-state index contributed by atoms with van der Waals surface area (Å²) in [6.45, 7) is 9.56. The zero-order chi connectivity index (χ0) is 17.2. The number of benzene rings is 1. The number of ketones is 1.